The predicted octanol–water partition coefficient (Wildman–Crippen LogP) is 0.770. The average Bonchev–Trinajstić information content (AvgIpc) is 3.16. The second-order valence-corrected chi connectivity index (χ2v) is 9.07. The molecule has 3 aliphatic rings. The minimum absolute atomic E-state index is 0.109. The fraction of sp³-hybridized carbons (Fsp3) is 0.412. The molecule has 2 bridgehead atoms. The maximum atomic E-state index is 12.8. The summed E-state index contributed by atoms with van der Waals surface area (Å²) in [5.41, 5.74) is -0.365. The van der Waals surface area contributed by atoms with Gasteiger partial charge in [-0.05, 0) is 31.2 Å². The van der Waals surface area contributed by atoms with Gasteiger partial charge in [-0.2, -0.15) is 0 Å². The summed E-state index contributed by atoms with van der Waals surface area (Å²) >= 11 is 0. The van der Waals surface area contributed by atoms with Gasteiger partial charge in [0.25, 0.3) is 0 Å². The third-order valence-corrected chi connectivity index (χ3v) is 7.03. The Labute approximate surface area is 145 Å². The number of rotatable bonds is 3. The molecule has 2 amide bonds. The van der Waals surface area contributed by atoms with Crippen molar-refractivity contribution in [3.63, 3.8) is 0 Å². The molecule has 0 aromatic heterocycles. The number of amides is 2. The largest absolute Gasteiger partial charge is 0.362 e. The number of hydrogen-bond donors (Lipinski definition) is 0. The molecule has 1 aromatic rings. The topological polar surface area (TPSA) is 84.0 Å². The van der Waals surface area contributed by atoms with Gasteiger partial charge in [-0.15, -0.1) is 0 Å². The van der Waals surface area contributed by atoms with Gasteiger partial charge >= 0.3 is 0 Å². The maximum Gasteiger partial charge on any atom is 0.242 e. The van der Waals surface area contributed by atoms with Crippen molar-refractivity contribution in [1.29, 1.82) is 0 Å². The standard InChI is InChI=1S/C17H18N2O5S/c1-17-9-8-12(24-17)13-14(17)16(21)19(15(13)20)10-4-6-11(7-5-10)25(22,23)18(2)3/h4-9,12-14H,1-3H3/t12-,13-,14+,17+/m1/s1. The van der Waals surface area contributed by atoms with Gasteiger partial charge in [-0.3, -0.25) is 9.59 Å². The third-order valence-electron chi connectivity index (χ3n) is 5.20. The molecule has 0 N–H and O–H groups in total. The smallest absolute Gasteiger partial charge is 0.242 e. The van der Waals surface area contributed by atoms with Crippen LogP contribution in [-0.4, -0.2) is 50.3 Å². The van der Waals surface area contributed by atoms with Crippen LogP contribution in [0.1, 0.15) is 6.92 Å². The van der Waals surface area contributed by atoms with E-state index in [1.165, 1.54) is 38.4 Å². The summed E-state index contributed by atoms with van der Waals surface area (Å²) in [5.74, 6) is -1.63. The Balaban J connectivity index is 1.68. The summed E-state index contributed by atoms with van der Waals surface area (Å²) in [5, 5.41) is 0. The number of anilines is 1. The van der Waals surface area contributed by atoms with Crippen LogP contribution in [0.4, 0.5) is 5.69 Å². The lowest BCUT2D eigenvalue weighted by molar-refractivity contribution is -0.126. The Morgan fingerprint density at radius 2 is 1.76 bits per heavy atom. The van der Waals surface area contributed by atoms with Crippen LogP contribution in [-0.2, 0) is 24.3 Å². The van der Waals surface area contributed by atoms with E-state index in [0.717, 1.165) is 9.21 Å². The van der Waals surface area contributed by atoms with Crippen molar-refractivity contribution in [2.24, 2.45) is 11.8 Å². The first kappa shape index (κ1) is 16.4. The number of benzene rings is 1. The minimum atomic E-state index is -3.56. The monoisotopic (exact) mass is 362 g/mol. The average molecular weight is 362 g/mol. The minimum Gasteiger partial charge on any atom is -0.362 e. The van der Waals surface area contributed by atoms with E-state index >= 15 is 0 Å². The number of sulfonamides is 1. The van der Waals surface area contributed by atoms with Crippen molar-refractivity contribution in [1.82, 2.24) is 4.31 Å². The molecule has 0 spiro atoms. The number of imide groups is 1. The number of ether oxygens (including phenoxy) is 1. The Morgan fingerprint density at radius 3 is 2.32 bits per heavy atom. The fourth-order valence-electron chi connectivity index (χ4n) is 3.88. The molecule has 7 nitrogen and oxygen atoms in total. The van der Waals surface area contributed by atoms with Gasteiger partial charge in [0.05, 0.1) is 34.1 Å². The molecule has 25 heavy (non-hydrogen) atoms. The van der Waals surface area contributed by atoms with Crippen molar-refractivity contribution in [3.05, 3.63) is 36.4 Å². The van der Waals surface area contributed by atoms with Gasteiger partial charge in [0, 0.05) is 14.1 Å². The molecule has 132 valence electrons. The van der Waals surface area contributed by atoms with Crippen molar-refractivity contribution in [3.8, 4) is 0 Å². The first-order valence-electron chi connectivity index (χ1n) is 7.94. The van der Waals surface area contributed by atoms with Crippen LogP contribution >= 0.6 is 0 Å². The van der Waals surface area contributed by atoms with Gasteiger partial charge < -0.3 is 4.74 Å². The van der Waals surface area contributed by atoms with Gasteiger partial charge in [0.2, 0.25) is 21.8 Å². The number of hydrogen-bond acceptors (Lipinski definition) is 5. The van der Waals surface area contributed by atoms with Crippen LogP contribution in [0.2, 0.25) is 0 Å². The number of carbonyl (C=O) groups is 2. The first-order valence-corrected chi connectivity index (χ1v) is 9.38. The van der Waals surface area contributed by atoms with Crippen LogP contribution in [0.25, 0.3) is 0 Å². The van der Waals surface area contributed by atoms with Crippen LogP contribution in [0.3, 0.4) is 0 Å². The van der Waals surface area contributed by atoms with E-state index in [1.807, 2.05) is 19.1 Å². The number of carbonyl (C=O) groups excluding carboxylic acids is 2. The predicted molar refractivity (Wildman–Crippen MR) is 89.2 cm³/mol. The molecule has 8 heteroatoms. The molecule has 3 heterocycles. The zero-order valence-electron chi connectivity index (χ0n) is 14.0. The van der Waals surface area contributed by atoms with Crippen molar-refractivity contribution >= 4 is 27.5 Å². The van der Waals surface area contributed by atoms with E-state index in [1.54, 1.807) is 0 Å². The molecule has 0 saturated carbocycles. The van der Waals surface area contributed by atoms with Gasteiger partial charge in [-0.1, -0.05) is 12.2 Å². The van der Waals surface area contributed by atoms with E-state index in [0.29, 0.717) is 5.69 Å². The lowest BCUT2D eigenvalue weighted by Crippen LogP contribution is -2.38. The van der Waals surface area contributed by atoms with E-state index in [4.69, 9.17) is 4.74 Å². The highest BCUT2D eigenvalue weighted by atomic mass is 32.2. The number of nitrogens with zero attached hydrogens (tertiary/aromatic N) is 2. The van der Waals surface area contributed by atoms with Crippen molar-refractivity contribution in [2.45, 2.75) is 23.5 Å². The molecule has 4 atom stereocenters. The van der Waals surface area contributed by atoms with E-state index in [9.17, 15) is 18.0 Å². The second kappa shape index (κ2) is 5.00. The highest BCUT2D eigenvalue weighted by Gasteiger charge is 2.66. The summed E-state index contributed by atoms with van der Waals surface area (Å²) in [7, 11) is -0.670. The lowest BCUT2D eigenvalue weighted by atomic mass is 9.78. The summed E-state index contributed by atoms with van der Waals surface area (Å²) in [4.78, 5) is 26.9. The molecule has 2 fully saturated rings. The normalized spacial score (nSPS) is 33.6. The third kappa shape index (κ3) is 2.08. The highest BCUT2D eigenvalue weighted by Crippen LogP contribution is 2.52. The fourth-order valence-corrected chi connectivity index (χ4v) is 4.79. The molecule has 0 unspecified atom stereocenters. The molecule has 3 aliphatic heterocycles. The summed E-state index contributed by atoms with van der Waals surface area (Å²) in [6.07, 6.45) is 3.31. The highest BCUT2D eigenvalue weighted by molar-refractivity contribution is 7.89. The van der Waals surface area contributed by atoms with Crippen LogP contribution in [0.5, 0.6) is 0 Å². The molecule has 0 radical (unpaired) electrons. The van der Waals surface area contributed by atoms with Crippen LogP contribution < -0.4 is 4.90 Å². The van der Waals surface area contributed by atoms with Gasteiger partial charge in [0.1, 0.15) is 0 Å². The first-order chi connectivity index (χ1) is 11.7. The maximum absolute atomic E-state index is 12.8. The summed E-state index contributed by atoms with van der Waals surface area (Å²) < 4.78 is 31.2. The lowest BCUT2D eigenvalue weighted by Gasteiger charge is -2.24. The zero-order valence-corrected chi connectivity index (χ0v) is 14.9. The Morgan fingerprint density at radius 1 is 1.12 bits per heavy atom. The molecule has 4 rings (SSSR count). The number of fused-ring (bicyclic) bond motifs is 5. The molecule has 1 aromatic carbocycles. The zero-order chi connectivity index (χ0) is 18.1. The van der Waals surface area contributed by atoms with Gasteiger partial charge in [-0.25, -0.2) is 17.6 Å². The second-order valence-electron chi connectivity index (χ2n) is 6.92. The molecule has 2 saturated heterocycles. The van der Waals surface area contributed by atoms with E-state index in [2.05, 4.69) is 0 Å². The molecular formula is C17H18N2O5S. The Hall–Kier alpha value is -2.03. The quantitative estimate of drug-likeness (QED) is 0.586. The van der Waals surface area contributed by atoms with Crippen LogP contribution in [0.15, 0.2) is 41.3 Å². The van der Waals surface area contributed by atoms with E-state index in [-0.39, 0.29) is 22.8 Å². The van der Waals surface area contributed by atoms with Crippen molar-refractivity contribution in [2.75, 3.05) is 19.0 Å². The Bertz CT molecular complexity index is 905. The molecular weight excluding hydrogens is 344 g/mol. The SMILES string of the molecule is CN(C)S(=O)(=O)c1ccc(N2C(=O)[C@H]3[C@@H](C2=O)[C@]2(C)C=C[C@H]3O2)cc1. The van der Waals surface area contributed by atoms with E-state index < -0.39 is 27.5 Å². The van der Waals surface area contributed by atoms with Crippen LogP contribution in [0, 0.1) is 11.8 Å². The molecule has 0 aliphatic carbocycles. The summed E-state index contributed by atoms with van der Waals surface area (Å²) in [6, 6.07) is 5.80. The summed E-state index contributed by atoms with van der Waals surface area (Å²) in [6.45, 7) is 1.82. The Kier molecular flexibility index (Phi) is 3.29. The van der Waals surface area contributed by atoms with Gasteiger partial charge in [0.15, 0.2) is 0 Å². The van der Waals surface area contributed by atoms with Crippen molar-refractivity contribution < 1.29 is 22.7 Å².